The maximum absolute atomic E-state index is 8.44. The summed E-state index contributed by atoms with van der Waals surface area (Å²) >= 11 is 0. The van der Waals surface area contributed by atoms with E-state index >= 15 is 0 Å². The van der Waals surface area contributed by atoms with Crippen LogP contribution in [0.15, 0.2) is 173 Å². The Morgan fingerprint density at radius 2 is 1.17 bits per heavy atom. The zero-order chi connectivity index (χ0) is 34.1. The number of nitrogens with two attached hydrogens (primary N) is 1. The Labute approximate surface area is 284 Å². The zero-order valence-corrected chi connectivity index (χ0v) is 27.9. The highest BCUT2D eigenvalue weighted by molar-refractivity contribution is 6.11. The topological polar surface area (TPSA) is 75.4 Å². The van der Waals surface area contributed by atoms with Crippen LogP contribution < -0.4 is 5.73 Å². The number of nitrogens with one attached hydrogen (secondary N) is 1. The molecule has 0 aliphatic rings. The van der Waals surface area contributed by atoms with Crippen LogP contribution in [-0.2, 0) is 6.42 Å². The highest BCUT2D eigenvalue weighted by atomic mass is 16.3. The number of nitrogens with zero attached hydrogens (tertiary/aromatic N) is 1. The van der Waals surface area contributed by atoms with Crippen LogP contribution in [0.4, 0.5) is 0 Å². The molecule has 7 aromatic rings. The second-order valence-electron chi connectivity index (χ2n) is 11.0. The lowest BCUT2D eigenvalue weighted by atomic mass is 9.99. The Bertz CT molecular complexity index is 2060. The van der Waals surface area contributed by atoms with Crippen molar-refractivity contribution in [3.63, 3.8) is 0 Å². The van der Waals surface area contributed by atoms with Gasteiger partial charge < -0.3 is 10.2 Å². The molecule has 240 valence electrons. The molecule has 0 radical (unpaired) electrons. The third-order valence-corrected chi connectivity index (χ3v) is 7.53. The van der Waals surface area contributed by atoms with Crippen LogP contribution in [0.25, 0.3) is 27.6 Å². The molecule has 3 N–H and O–H groups in total. The Kier molecular flexibility index (Phi) is 13.4. The Morgan fingerprint density at radius 3 is 1.81 bits per heavy atom. The SMILES string of the molecule is C=N/C(=C\Cc1ccccc1)c1cccc(C(=N)c2ccccc2)c1.CN.Cc1ccc2c(c1)oc1ccccc12.Cc1ccccc1. The number of para-hydroxylation sites is 1. The lowest BCUT2D eigenvalue weighted by Crippen LogP contribution is -2.01. The average Bonchev–Trinajstić information content (AvgIpc) is 3.52. The zero-order valence-electron chi connectivity index (χ0n) is 27.9. The van der Waals surface area contributed by atoms with Gasteiger partial charge in [-0.1, -0.05) is 151 Å². The summed E-state index contributed by atoms with van der Waals surface area (Å²) in [6.45, 7) is 7.87. The van der Waals surface area contributed by atoms with Crippen molar-refractivity contribution in [1.29, 1.82) is 5.41 Å². The molecule has 0 aliphatic carbocycles. The van der Waals surface area contributed by atoms with E-state index < -0.39 is 0 Å². The van der Waals surface area contributed by atoms with Crippen molar-refractivity contribution in [2.24, 2.45) is 10.7 Å². The molecule has 1 aromatic heterocycles. The van der Waals surface area contributed by atoms with Crippen LogP contribution in [0.3, 0.4) is 0 Å². The molecular formula is C44H43N3O. The van der Waals surface area contributed by atoms with Gasteiger partial charge >= 0.3 is 0 Å². The number of furan rings is 1. The quantitative estimate of drug-likeness (QED) is 0.180. The van der Waals surface area contributed by atoms with Crippen LogP contribution >= 0.6 is 0 Å². The maximum Gasteiger partial charge on any atom is 0.135 e. The molecule has 0 aliphatic heterocycles. The second-order valence-corrected chi connectivity index (χ2v) is 11.0. The largest absolute Gasteiger partial charge is 0.456 e. The van der Waals surface area contributed by atoms with Gasteiger partial charge in [0.15, 0.2) is 0 Å². The first-order chi connectivity index (χ1) is 23.5. The molecule has 7 rings (SSSR count). The fourth-order valence-electron chi connectivity index (χ4n) is 5.08. The van der Waals surface area contributed by atoms with E-state index in [2.05, 4.69) is 85.9 Å². The molecule has 1 heterocycles. The van der Waals surface area contributed by atoms with E-state index in [1.165, 1.54) is 34.5 Å². The number of rotatable bonds is 6. The normalized spacial score (nSPS) is 10.5. The molecule has 0 saturated carbocycles. The summed E-state index contributed by atoms with van der Waals surface area (Å²) < 4.78 is 5.73. The molecule has 0 saturated heterocycles. The van der Waals surface area contributed by atoms with E-state index in [0.29, 0.717) is 5.71 Å². The minimum atomic E-state index is 0.508. The number of benzene rings is 6. The highest BCUT2D eigenvalue weighted by Crippen LogP contribution is 2.28. The first kappa shape index (κ1) is 35.0. The second kappa shape index (κ2) is 18.3. The number of aryl methyl sites for hydroxylation is 2. The third-order valence-electron chi connectivity index (χ3n) is 7.53. The highest BCUT2D eigenvalue weighted by Gasteiger charge is 2.07. The van der Waals surface area contributed by atoms with Gasteiger partial charge in [0.2, 0.25) is 0 Å². The number of aliphatic imine (C=N–C) groups is 1. The predicted octanol–water partition coefficient (Wildman–Crippen LogP) is 10.9. The molecular weight excluding hydrogens is 587 g/mol. The monoisotopic (exact) mass is 629 g/mol. The molecule has 0 spiro atoms. The molecule has 0 unspecified atom stereocenters. The number of hydrogen-bond donors (Lipinski definition) is 2. The summed E-state index contributed by atoms with van der Waals surface area (Å²) in [7, 11) is 1.50. The summed E-state index contributed by atoms with van der Waals surface area (Å²) in [5.74, 6) is 0. The van der Waals surface area contributed by atoms with Crippen molar-refractivity contribution >= 4 is 40.1 Å². The van der Waals surface area contributed by atoms with E-state index in [-0.39, 0.29) is 0 Å². The van der Waals surface area contributed by atoms with Gasteiger partial charge in [0.05, 0.1) is 11.4 Å². The van der Waals surface area contributed by atoms with Crippen LogP contribution in [-0.4, -0.2) is 19.5 Å². The number of allylic oxidation sites excluding steroid dienone is 1. The van der Waals surface area contributed by atoms with E-state index in [0.717, 1.165) is 40.0 Å². The van der Waals surface area contributed by atoms with Crippen LogP contribution in [0, 0.1) is 19.3 Å². The van der Waals surface area contributed by atoms with Crippen molar-refractivity contribution < 1.29 is 4.42 Å². The molecule has 0 atom stereocenters. The van der Waals surface area contributed by atoms with E-state index in [9.17, 15) is 0 Å². The molecule has 6 aromatic carbocycles. The lowest BCUT2D eigenvalue weighted by molar-refractivity contribution is 0.668. The van der Waals surface area contributed by atoms with Gasteiger partial charge in [-0.25, -0.2) is 0 Å². The molecule has 4 heteroatoms. The van der Waals surface area contributed by atoms with Crippen molar-refractivity contribution in [3.8, 4) is 0 Å². The fraction of sp³-hybridized carbons (Fsp3) is 0.0909. The molecule has 0 amide bonds. The summed E-state index contributed by atoms with van der Waals surface area (Å²) in [5.41, 5.74) is 14.3. The minimum Gasteiger partial charge on any atom is -0.456 e. The van der Waals surface area contributed by atoms with Gasteiger partial charge in [-0.05, 0) is 68.9 Å². The van der Waals surface area contributed by atoms with Gasteiger partial charge in [-0.3, -0.25) is 10.4 Å². The van der Waals surface area contributed by atoms with Gasteiger partial charge in [-0.2, -0.15) is 0 Å². The standard InChI is InChI=1S/C23H20N2.C13H10O.C7H8.CH5N/c1-25-22(16-15-18-9-4-2-5-10-18)20-13-8-14-21(17-20)23(24)19-11-6-3-7-12-19;1-9-6-7-11-10-4-2-3-5-12(10)14-13(11)8-9;1-7-5-3-2-4-6-7;1-2/h2-14,16-17,24H,1,15H2;2-8H,1H3;2-6H,1H3;2H2,1H3/b22-16-,24-23?;;;. The number of fused-ring (bicyclic) bond motifs is 3. The Hall–Kier alpha value is -5.84. The maximum atomic E-state index is 8.44. The van der Waals surface area contributed by atoms with Crippen molar-refractivity contribution in [1.82, 2.24) is 0 Å². The average molecular weight is 630 g/mol. The van der Waals surface area contributed by atoms with E-state index in [1.807, 2.05) is 109 Å². The van der Waals surface area contributed by atoms with Crippen molar-refractivity contribution in [2.45, 2.75) is 20.3 Å². The molecule has 0 bridgehead atoms. The lowest BCUT2D eigenvalue weighted by Gasteiger charge is -2.08. The smallest absolute Gasteiger partial charge is 0.135 e. The van der Waals surface area contributed by atoms with Crippen molar-refractivity contribution in [2.75, 3.05) is 7.05 Å². The summed E-state index contributed by atoms with van der Waals surface area (Å²) in [6.07, 6.45) is 2.88. The van der Waals surface area contributed by atoms with Gasteiger partial charge in [0.25, 0.3) is 0 Å². The fourth-order valence-corrected chi connectivity index (χ4v) is 5.08. The van der Waals surface area contributed by atoms with E-state index in [1.54, 1.807) is 0 Å². The van der Waals surface area contributed by atoms with Crippen molar-refractivity contribution in [3.05, 3.63) is 197 Å². The van der Waals surface area contributed by atoms with Gasteiger partial charge in [0.1, 0.15) is 11.2 Å². The van der Waals surface area contributed by atoms with Gasteiger partial charge in [-0.15, -0.1) is 0 Å². The Morgan fingerprint density at radius 1 is 0.604 bits per heavy atom. The first-order valence-corrected chi connectivity index (χ1v) is 15.9. The Balaban J connectivity index is 0.000000187. The molecule has 48 heavy (non-hydrogen) atoms. The van der Waals surface area contributed by atoms with Gasteiger partial charge in [0, 0.05) is 21.9 Å². The van der Waals surface area contributed by atoms with Crippen LogP contribution in [0.1, 0.15) is 33.4 Å². The predicted molar refractivity (Wildman–Crippen MR) is 206 cm³/mol. The summed E-state index contributed by atoms with van der Waals surface area (Å²) in [5, 5.41) is 10.8. The number of hydrogen-bond acceptors (Lipinski definition) is 4. The van der Waals surface area contributed by atoms with E-state index in [4.69, 9.17) is 9.83 Å². The van der Waals surface area contributed by atoms with Crippen LogP contribution in [0.2, 0.25) is 0 Å². The summed E-state index contributed by atoms with van der Waals surface area (Å²) in [4.78, 5) is 4.19. The molecule has 0 fully saturated rings. The summed E-state index contributed by atoms with van der Waals surface area (Å²) in [6, 6.07) is 52.7. The first-order valence-electron chi connectivity index (χ1n) is 15.9. The van der Waals surface area contributed by atoms with Crippen LogP contribution in [0.5, 0.6) is 0 Å². The third kappa shape index (κ3) is 9.83. The molecule has 4 nitrogen and oxygen atoms in total. The minimum absolute atomic E-state index is 0.508.